The first-order valence-electron chi connectivity index (χ1n) is 8.84. The number of hydrogen-bond acceptors (Lipinski definition) is 2. The number of allylic oxidation sites excluding steroid dienone is 1. The predicted octanol–water partition coefficient (Wildman–Crippen LogP) is 8.52. The number of benzene rings is 3. The van der Waals surface area contributed by atoms with E-state index in [4.69, 9.17) is 0 Å². The Bertz CT molecular complexity index is 1370. The van der Waals surface area contributed by atoms with Crippen LogP contribution in [0.3, 0.4) is 0 Å². The summed E-state index contributed by atoms with van der Waals surface area (Å²) in [4.78, 5) is 1.88. The van der Waals surface area contributed by atoms with Crippen LogP contribution in [0.15, 0.2) is 54.6 Å². The predicted molar refractivity (Wildman–Crippen MR) is 122 cm³/mol. The molecule has 2 aromatic heterocycles. The maximum absolute atomic E-state index is 3.96. The van der Waals surface area contributed by atoms with Gasteiger partial charge in [-0.15, -0.1) is 22.7 Å². The monoisotopic (exact) mass is 434 g/mol. The zero-order chi connectivity index (χ0) is 17.4. The van der Waals surface area contributed by atoms with Crippen LogP contribution < -0.4 is 0 Å². The third-order valence-electron chi connectivity index (χ3n) is 5.52. The second kappa shape index (κ2) is 5.41. The van der Waals surface area contributed by atoms with Gasteiger partial charge in [0.2, 0.25) is 0 Å². The van der Waals surface area contributed by atoms with Crippen LogP contribution in [0, 0.1) is 5.92 Å². The number of fused-ring (bicyclic) bond motifs is 10. The van der Waals surface area contributed by atoms with Crippen molar-refractivity contribution in [3.8, 4) is 0 Å². The Morgan fingerprint density at radius 3 is 2.38 bits per heavy atom. The molecule has 0 nitrogen and oxygen atoms in total. The Morgan fingerprint density at radius 1 is 0.808 bits per heavy atom. The average Bonchev–Trinajstić information content (AvgIpc) is 3.24. The quantitative estimate of drug-likeness (QED) is 0.214. The van der Waals surface area contributed by atoms with Crippen molar-refractivity contribution in [2.45, 2.75) is 11.8 Å². The van der Waals surface area contributed by atoms with Gasteiger partial charge in [-0.05, 0) is 22.9 Å². The largest absolute Gasteiger partial charge is 0.138 e. The Balaban J connectivity index is 1.95. The second-order valence-corrected chi connectivity index (χ2v) is 10.1. The van der Waals surface area contributed by atoms with Gasteiger partial charge in [-0.1, -0.05) is 77.5 Å². The highest BCUT2D eigenvalue weighted by molar-refractivity contribution is 9.09. The zero-order valence-corrected chi connectivity index (χ0v) is 17.3. The third-order valence-corrected chi connectivity index (χ3v) is 9.62. The van der Waals surface area contributed by atoms with E-state index < -0.39 is 0 Å². The lowest BCUT2D eigenvalue weighted by molar-refractivity contribution is 0.721. The topological polar surface area (TPSA) is 0 Å². The van der Waals surface area contributed by atoms with Crippen LogP contribution in [0.5, 0.6) is 0 Å². The Hall–Kier alpha value is -1.68. The molecule has 0 saturated carbocycles. The minimum atomic E-state index is 0.401. The maximum Gasteiger partial charge on any atom is 0.0555 e. The molecule has 0 amide bonds. The summed E-state index contributed by atoms with van der Waals surface area (Å²) in [6.07, 6.45) is 4.70. The summed E-state index contributed by atoms with van der Waals surface area (Å²) in [6, 6.07) is 17.8. The molecular formula is C23H15BrS2. The van der Waals surface area contributed by atoms with E-state index in [1.807, 2.05) is 22.7 Å². The van der Waals surface area contributed by atoms with Crippen molar-refractivity contribution in [1.29, 1.82) is 0 Å². The Morgan fingerprint density at radius 2 is 1.54 bits per heavy atom. The number of alkyl halides is 1. The lowest BCUT2D eigenvalue weighted by atomic mass is 9.93. The number of hydrogen-bond donors (Lipinski definition) is 0. The summed E-state index contributed by atoms with van der Waals surface area (Å²) in [7, 11) is 0. The molecule has 1 aliphatic carbocycles. The highest BCUT2D eigenvalue weighted by atomic mass is 79.9. The van der Waals surface area contributed by atoms with Gasteiger partial charge in [0.05, 0.1) is 4.83 Å². The molecule has 0 radical (unpaired) electrons. The van der Waals surface area contributed by atoms with Crippen molar-refractivity contribution in [3.63, 3.8) is 0 Å². The van der Waals surface area contributed by atoms with Crippen molar-refractivity contribution in [3.05, 3.63) is 65.0 Å². The molecule has 3 heteroatoms. The van der Waals surface area contributed by atoms with E-state index >= 15 is 0 Å². The lowest BCUT2D eigenvalue weighted by Gasteiger charge is -2.19. The van der Waals surface area contributed by atoms with Crippen LogP contribution in [0.1, 0.15) is 22.2 Å². The summed E-state index contributed by atoms with van der Waals surface area (Å²) in [5, 5.41) is 7.04. The van der Waals surface area contributed by atoms with E-state index in [0.29, 0.717) is 10.7 Å². The molecule has 1 aliphatic rings. The molecule has 2 heterocycles. The fourth-order valence-electron chi connectivity index (χ4n) is 4.22. The Kier molecular flexibility index (Phi) is 3.20. The fraction of sp³-hybridized carbons (Fsp3) is 0.130. The molecule has 2 unspecified atom stereocenters. The number of thiophene rings is 2. The first-order chi connectivity index (χ1) is 12.7. The average molecular weight is 435 g/mol. The van der Waals surface area contributed by atoms with E-state index in [2.05, 4.69) is 83.5 Å². The van der Waals surface area contributed by atoms with Gasteiger partial charge in [0, 0.05) is 40.5 Å². The maximum atomic E-state index is 3.96. The minimum absolute atomic E-state index is 0.401. The summed E-state index contributed by atoms with van der Waals surface area (Å²) < 4.78 is 4.26. The summed E-state index contributed by atoms with van der Waals surface area (Å²) in [5.74, 6) is 0.525. The molecule has 2 atom stereocenters. The van der Waals surface area contributed by atoms with Crippen molar-refractivity contribution in [1.82, 2.24) is 0 Å². The number of halogens is 1. The molecule has 0 fully saturated rings. The van der Waals surface area contributed by atoms with Crippen LogP contribution in [-0.2, 0) is 0 Å². The van der Waals surface area contributed by atoms with Crippen LogP contribution >= 0.6 is 38.6 Å². The van der Waals surface area contributed by atoms with Gasteiger partial charge in [-0.3, -0.25) is 0 Å². The van der Waals surface area contributed by atoms with E-state index in [-0.39, 0.29) is 0 Å². The van der Waals surface area contributed by atoms with E-state index in [0.717, 1.165) is 0 Å². The van der Waals surface area contributed by atoms with Crippen LogP contribution in [0.25, 0.3) is 47.1 Å². The molecule has 0 saturated heterocycles. The highest BCUT2D eigenvalue weighted by Gasteiger charge is 2.27. The van der Waals surface area contributed by atoms with Crippen LogP contribution in [-0.4, -0.2) is 0 Å². The standard InChI is InChI=1S/C23H15BrS2/c1-12-10-11-16-18-13-6-2-3-7-14(13)21-19(23(18)26-22(16)20(12)24)15-8-4-5-9-17(15)25-21/h2-12,20H,1H3. The van der Waals surface area contributed by atoms with Gasteiger partial charge in [0.1, 0.15) is 0 Å². The SMILES string of the molecule is CC1C=Cc2c(sc3c2c2ccccc2c2sc4ccccc4c23)C1Br. The fourth-order valence-corrected chi connectivity index (χ4v) is 7.70. The smallest absolute Gasteiger partial charge is 0.0555 e. The lowest BCUT2D eigenvalue weighted by Crippen LogP contribution is -2.03. The molecule has 0 spiro atoms. The van der Waals surface area contributed by atoms with Gasteiger partial charge in [-0.2, -0.15) is 0 Å². The van der Waals surface area contributed by atoms with Crippen LogP contribution in [0.2, 0.25) is 0 Å². The first-order valence-corrected chi connectivity index (χ1v) is 11.4. The Labute approximate surface area is 167 Å². The van der Waals surface area contributed by atoms with Crippen LogP contribution in [0.4, 0.5) is 0 Å². The molecule has 0 N–H and O–H groups in total. The molecular weight excluding hydrogens is 420 g/mol. The van der Waals surface area contributed by atoms with Gasteiger partial charge in [0.15, 0.2) is 0 Å². The van der Waals surface area contributed by atoms with Gasteiger partial charge in [0.25, 0.3) is 0 Å². The van der Waals surface area contributed by atoms with Crippen molar-refractivity contribution >= 4 is 85.7 Å². The normalized spacial score (nSPS) is 19.8. The van der Waals surface area contributed by atoms with Gasteiger partial charge >= 0.3 is 0 Å². The summed E-state index contributed by atoms with van der Waals surface area (Å²) in [5.41, 5.74) is 1.42. The first kappa shape index (κ1) is 15.4. The third kappa shape index (κ3) is 1.89. The molecule has 5 aromatic rings. The van der Waals surface area contributed by atoms with Gasteiger partial charge < -0.3 is 0 Å². The van der Waals surface area contributed by atoms with Crippen molar-refractivity contribution in [2.75, 3.05) is 0 Å². The van der Waals surface area contributed by atoms with Crippen molar-refractivity contribution < 1.29 is 0 Å². The molecule has 0 bridgehead atoms. The second-order valence-electron chi connectivity index (χ2n) is 7.05. The van der Waals surface area contributed by atoms with E-state index in [1.165, 1.54) is 51.5 Å². The van der Waals surface area contributed by atoms with E-state index in [1.54, 1.807) is 0 Å². The zero-order valence-electron chi connectivity index (χ0n) is 14.1. The summed E-state index contributed by atoms with van der Waals surface area (Å²) >= 11 is 7.87. The minimum Gasteiger partial charge on any atom is -0.138 e. The molecule has 126 valence electrons. The van der Waals surface area contributed by atoms with Crippen molar-refractivity contribution in [2.24, 2.45) is 5.92 Å². The van der Waals surface area contributed by atoms with E-state index in [9.17, 15) is 0 Å². The van der Waals surface area contributed by atoms with Gasteiger partial charge in [-0.25, -0.2) is 0 Å². The molecule has 3 aromatic carbocycles. The number of rotatable bonds is 0. The molecule has 6 rings (SSSR count). The summed E-state index contributed by atoms with van der Waals surface area (Å²) in [6.45, 7) is 2.29. The molecule has 26 heavy (non-hydrogen) atoms. The highest BCUT2D eigenvalue weighted by Crippen LogP contribution is 2.52. The molecule has 0 aliphatic heterocycles.